The van der Waals surface area contributed by atoms with Gasteiger partial charge in [-0.1, -0.05) is 50.3 Å². The highest BCUT2D eigenvalue weighted by Crippen LogP contribution is 2.20. The SMILES string of the molecule is C=Cc1ccccc1CO[Si](CCC)(OC)OC. The van der Waals surface area contributed by atoms with Crippen molar-refractivity contribution in [2.24, 2.45) is 0 Å². The highest BCUT2D eigenvalue weighted by atomic mass is 28.4. The molecule has 0 spiro atoms. The van der Waals surface area contributed by atoms with Crippen LogP contribution in [-0.2, 0) is 19.9 Å². The normalized spacial score (nSPS) is 11.5. The van der Waals surface area contributed by atoms with Gasteiger partial charge < -0.3 is 13.3 Å². The van der Waals surface area contributed by atoms with Gasteiger partial charge in [-0.25, -0.2) is 0 Å². The predicted octanol–water partition coefficient (Wildman–Crippen LogP) is 3.49. The molecule has 100 valence electrons. The summed E-state index contributed by atoms with van der Waals surface area (Å²) in [6, 6.07) is 8.87. The van der Waals surface area contributed by atoms with E-state index in [2.05, 4.69) is 13.5 Å². The third-order valence-electron chi connectivity index (χ3n) is 2.90. The lowest BCUT2D eigenvalue weighted by atomic mass is 10.1. The van der Waals surface area contributed by atoms with E-state index in [0.717, 1.165) is 23.6 Å². The van der Waals surface area contributed by atoms with Gasteiger partial charge in [-0.3, -0.25) is 0 Å². The molecule has 0 aliphatic carbocycles. The van der Waals surface area contributed by atoms with Crippen molar-refractivity contribution in [2.75, 3.05) is 14.2 Å². The van der Waals surface area contributed by atoms with Crippen LogP contribution in [0.5, 0.6) is 0 Å². The van der Waals surface area contributed by atoms with Gasteiger partial charge in [-0.05, 0) is 11.1 Å². The van der Waals surface area contributed by atoms with E-state index in [1.54, 1.807) is 14.2 Å². The standard InChI is InChI=1S/C14H22O3Si/c1-5-11-18(15-3,16-4)17-12-14-10-8-7-9-13(14)6-2/h6-10H,2,5,11-12H2,1,3-4H3. The van der Waals surface area contributed by atoms with Crippen LogP contribution in [-0.4, -0.2) is 23.0 Å². The Hall–Kier alpha value is -0.943. The van der Waals surface area contributed by atoms with Gasteiger partial charge in [0.1, 0.15) is 0 Å². The molecule has 0 saturated carbocycles. The van der Waals surface area contributed by atoms with Crippen LogP contribution >= 0.6 is 0 Å². The quantitative estimate of drug-likeness (QED) is 0.674. The molecule has 0 aliphatic heterocycles. The summed E-state index contributed by atoms with van der Waals surface area (Å²) in [5.41, 5.74) is 2.19. The van der Waals surface area contributed by atoms with Crippen molar-refractivity contribution in [1.82, 2.24) is 0 Å². The molecule has 0 heterocycles. The maximum Gasteiger partial charge on any atom is 0.500 e. The summed E-state index contributed by atoms with van der Waals surface area (Å²) >= 11 is 0. The summed E-state index contributed by atoms with van der Waals surface area (Å²) < 4.78 is 16.9. The lowest BCUT2D eigenvalue weighted by molar-refractivity contribution is 0.0911. The maximum atomic E-state index is 5.94. The summed E-state index contributed by atoms with van der Waals surface area (Å²) in [7, 11) is 0.819. The van der Waals surface area contributed by atoms with Gasteiger partial charge in [0.25, 0.3) is 0 Å². The van der Waals surface area contributed by atoms with E-state index in [-0.39, 0.29) is 0 Å². The van der Waals surface area contributed by atoms with Crippen LogP contribution in [0.3, 0.4) is 0 Å². The molecule has 0 aromatic heterocycles. The molecule has 0 aliphatic rings. The molecule has 3 nitrogen and oxygen atoms in total. The smallest absolute Gasteiger partial charge is 0.377 e. The van der Waals surface area contributed by atoms with E-state index in [9.17, 15) is 0 Å². The minimum absolute atomic E-state index is 0.496. The fourth-order valence-electron chi connectivity index (χ4n) is 1.84. The average Bonchev–Trinajstić information content (AvgIpc) is 2.44. The second kappa shape index (κ2) is 7.48. The molecule has 0 radical (unpaired) electrons. The molecular formula is C14H22O3Si. The van der Waals surface area contributed by atoms with Crippen LogP contribution in [0.2, 0.25) is 6.04 Å². The Morgan fingerprint density at radius 1 is 1.22 bits per heavy atom. The molecule has 1 rings (SSSR count). The zero-order valence-corrected chi connectivity index (χ0v) is 12.4. The third-order valence-corrected chi connectivity index (χ3v) is 5.84. The monoisotopic (exact) mass is 266 g/mol. The van der Waals surface area contributed by atoms with E-state index in [1.165, 1.54) is 0 Å². The third kappa shape index (κ3) is 3.78. The molecule has 4 heteroatoms. The first-order valence-electron chi connectivity index (χ1n) is 6.16. The number of hydrogen-bond acceptors (Lipinski definition) is 3. The van der Waals surface area contributed by atoms with Crippen LogP contribution in [0, 0.1) is 0 Å². The number of hydrogen-bond donors (Lipinski definition) is 0. The number of rotatable bonds is 8. The molecular weight excluding hydrogens is 244 g/mol. The second-order valence-corrected chi connectivity index (χ2v) is 7.00. The summed E-state index contributed by atoms with van der Waals surface area (Å²) in [4.78, 5) is 0. The summed E-state index contributed by atoms with van der Waals surface area (Å²) in [5.74, 6) is 0. The van der Waals surface area contributed by atoms with Gasteiger partial charge in [0.15, 0.2) is 0 Å². The molecule has 0 saturated heterocycles. The van der Waals surface area contributed by atoms with Crippen molar-refractivity contribution in [2.45, 2.75) is 26.0 Å². The first-order chi connectivity index (χ1) is 8.71. The first kappa shape index (κ1) is 15.1. The Morgan fingerprint density at radius 3 is 2.44 bits per heavy atom. The lowest BCUT2D eigenvalue weighted by Gasteiger charge is -2.26. The van der Waals surface area contributed by atoms with Crippen molar-refractivity contribution >= 4 is 14.9 Å². The van der Waals surface area contributed by atoms with Gasteiger partial charge in [-0.15, -0.1) is 0 Å². The zero-order chi connectivity index (χ0) is 13.4. The fraction of sp³-hybridized carbons (Fsp3) is 0.429. The van der Waals surface area contributed by atoms with Crippen molar-refractivity contribution in [3.63, 3.8) is 0 Å². The van der Waals surface area contributed by atoms with Crippen LogP contribution in [0.1, 0.15) is 24.5 Å². The molecule has 1 aromatic rings. The summed E-state index contributed by atoms with van der Waals surface area (Å²) in [6.07, 6.45) is 2.82. The van der Waals surface area contributed by atoms with Crippen molar-refractivity contribution < 1.29 is 13.3 Å². The number of benzene rings is 1. The van der Waals surface area contributed by atoms with Crippen LogP contribution < -0.4 is 0 Å². The molecule has 0 atom stereocenters. The molecule has 1 aromatic carbocycles. The molecule has 0 unspecified atom stereocenters. The minimum Gasteiger partial charge on any atom is -0.377 e. The van der Waals surface area contributed by atoms with E-state index < -0.39 is 8.80 Å². The lowest BCUT2D eigenvalue weighted by Crippen LogP contribution is -2.43. The van der Waals surface area contributed by atoms with Gasteiger partial charge in [0, 0.05) is 20.3 Å². The van der Waals surface area contributed by atoms with E-state index >= 15 is 0 Å². The van der Waals surface area contributed by atoms with E-state index in [4.69, 9.17) is 13.3 Å². The van der Waals surface area contributed by atoms with Gasteiger partial charge >= 0.3 is 8.80 Å². The van der Waals surface area contributed by atoms with Gasteiger partial charge in [-0.2, -0.15) is 0 Å². The maximum absolute atomic E-state index is 5.94. The summed E-state index contributed by atoms with van der Waals surface area (Å²) in [6.45, 7) is 6.40. The first-order valence-corrected chi connectivity index (χ1v) is 8.09. The van der Waals surface area contributed by atoms with Crippen LogP contribution in [0.25, 0.3) is 6.08 Å². The zero-order valence-electron chi connectivity index (χ0n) is 11.4. The Labute approximate surface area is 111 Å². The average molecular weight is 266 g/mol. The molecule has 0 fully saturated rings. The molecule has 0 amide bonds. The van der Waals surface area contributed by atoms with Crippen molar-refractivity contribution in [3.8, 4) is 0 Å². The molecule has 0 bridgehead atoms. The highest BCUT2D eigenvalue weighted by Gasteiger charge is 2.37. The predicted molar refractivity (Wildman–Crippen MR) is 76.2 cm³/mol. The Kier molecular flexibility index (Phi) is 6.28. The van der Waals surface area contributed by atoms with Crippen molar-refractivity contribution in [3.05, 3.63) is 42.0 Å². The summed E-state index contributed by atoms with van der Waals surface area (Å²) in [5, 5.41) is 0. The van der Waals surface area contributed by atoms with E-state index in [1.807, 2.05) is 30.3 Å². The Bertz CT molecular complexity index is 375. The minimum atomic E-state index is -2.50. The second-order valence-electron chi connectivity index (χ2n) is 4.03. The van der Waals surface area contributed by atoms with Crippen molar-refractivity contribution in [1.29, 1.82) is 0 Å². The van der Waals surface area contributed by atoms with Crippen LogP contribution in [0.4, 0.5) is 0 Å². The largest absolute Gasteiger partial charge is 0.500 e. The molecule has 0 N–H and O–H groups in total. The van der Waals surface area contributed by atoms with Gasteiger partial charge in [0.05, 0.1) is 6.61 Å². The Balaban J connectivity index is 2.75. The fourth-order valence-corrected chi connectivity index (χ4v) is 3.78. The van der Waals surface area contributed by atoms with Gasteiger partial charge in [0.2, 0.25) is 0 Å². The van der Waals surface area contributed by atoms with E-state index in [0.29, 0.717) is 6.61 Å². The Morgan fingerprint density at radius 2 is 1.89 bits per heavy atom. The topological polar surface area (TPSA) is 27.7 Å². The highest BCUT2D eigenvalue weighted by molar-refractivity contribution is 6.60. The molecule has 18 heavy (non-hydrogen) atoms. The van der Waals surface area contributed by atoms with Crippen LogP contribution in [0.15, 0.2) is 30.8 Å².